The highest BCUT2D eigenvalue weighted by atomic mass is 79.9. The first-order valence-electron chi connectivity index (χ1n) is 3.44. The molecule has 0 heterocycles. The smallest absolute Gasteiger partial charge is 0.237 e. The largest absolute Gasteiger partial charge is 0.350 e. The van der Waals surface area contributed by atoms with E-state index in [2.05, 4.69) is 27.8 Å². The third-order valence-corrected chi connectivity index (χ3v) is 1.51. The van der Waals surface area contributed by atoms with E-state index in [9.17, 15) is 4.79 Å². The fourth-order valence-corrected chi connectivity index (χ4v) is 0.640. The van der Waals surface area contributed by atoms with Crippen molar-refractivity contribution in [3.63, 3.8) is 0 Å². The van der Waals surface area contributed by atoms with Gasteiger partial charge in [0, 0.05) is 11.0 Å². The minimum absolute atomic E-state index is 0.131. The average molecular weight is 221 g/mol. The number of amides is 1. The van der Waals surface area contributed by atoms with Crippen LogP contribution in [0.3, 0.4) is 0 Å². The number of rotatable bonds is 4. The van der Waals surface area contributed by atoms with Gasteiger partial charge in [-0.3, -0.25) is 4.79 Å². The lowest BCUT2D eigenvalue weighted by molar-refractivity contribution is -0.122. The zero-order chi connectivity index (χ0) is 8.85. The molecule has 0 fully saturated rings. The summed E-state index contributed by atoms with van der Waals surface area (Å²) in [6.07, 6.45) is 0.653. The zero-order valence-electron chi connectivity index (χ0n) is 6.56. The summed E-state index contributed by atoms with van der Waals surface area (Å²) < 4.78 is 0.745. The lowest BCUT2D eigenvalue weighted by atomic mass is 10.2. The van der Waals surface area contributed by atoms with E-state index in [0.717, 1.165) is 4.48 Å². The average Bonchev–Trinajstić information content (AvgIpc) is 1.98. The van der Waals surface area contributed by atoms with Crippen LogP contribution in [-0.2, 0) is 4.79 Å². The normalized spacial score (nSPS) is 12.3. The van der Waals surface area contributed by atoms with Crippen LogP contribution in [0.1, 0.15) is 13.3 Å². The Morgan fingerprint density at radius 3 is 2.73 bits per heavy atom. The van der Waals surface area contributed by atoms with E-state index in [1.54, 1.807) is 0 Å². The van der Waals surface area contributed by atoms with E-state index < -0.39 is 6.04 Å². The lowest BCUT2D eigenvalue weighted by Crippen LogP contribution is -2.40. The first kappa shape index (κ1) is 10.7. The number of hydrogen-bond donors (Lipinski definition) is 2. The number of carbonyl (C=O) groups excluding carboxylic acids is 1. The van der Waals surface area contributed by atoms with Crippen molar-refractivity contribution >= 4 is 21.8 Å². The van der Waals surface area contributed by atoms with Gasteiger partial charge in [-0.05, 0) is 6.42 Å². The standard InChI is InChI=1S/C7H13BrN2O/c1-3-6(9)7(11)10-4-5(2)8/h6H,2-4,9H2,1H3,(H,10,11). The number of nitrogens with two attached hydrogens (primary N) is 1. The van der Waals surface area contributed by atoms with Crippen LogP contribution in [0.4, 0.5) is 0 Å². The van der Waals surface area contributed by atoms with Gasteiger partial charge in [-0.15, -0.1) is 0 Å². The fourth-order valence-electron chi connectivity index (χ4n) is 0.500. The molecule has 1 amide bonds. The van der Waals surface area contributed by atoms with Crippen LogP contribution in [0, 0.1) is 0 Å². The summed E-state index contributed by atoms with van der Waals surface area (Å²) in [7, 11) is 0. The van der Waals surface area contributed by atoms with Crippen LogP contribution in [-0.4, -0.2) is 18.5 Å². The summed E-state index contributed by atoms with van der Waals surface area (Å²) in [5, 5.41) is 2.62. The molecule has 1 atom stereocenters. The van der Waals surface area contributed by atoms with E-state index in [1.165, 1.54) is 0 Å². The van der Waals surface area contributed by atoms with E-state index in [-0.39, 0.29) is 5.91 Å². The van der Waals surface area contributed by atoms with Gasteiger partial charge in [0.15, 0.2) is 0 Å². The number of hydrogen-bond acceptors (Lipinski definition) is 2. The molecule has 3 nitrogen and oxygen atoms in total. The van der Waals surface area contributed by atoms with Crippen LogP contribution < -0.4 is 11.1 Å². The van der Waals surface area contributed by atoms with E-state index >= 15 is 0 Å². The van der Waals surface area contributed by atoms with Crippen molar-refractivity contribution in [2.24, 2.45) is 5.73 Å². The Bertz CT molecular complexity index is 159. The second-order valence-corrected chi connectivity index (χ2v) is 3.37. The Kier molecular flexibility index (Phi) is 5.15. The summed E-state index contributed by atoms with van der Waals surface area (Å²) in [6.45, 7) is 5.88. The fraction of sp³-hybridized carbons (Fsp3) is 0.571. The molecule has 0 spiro atoms. The maximum atomic E-state index is 11.0. The first-order valence-corrected chi connectivity index (χ1v) is 4.23. The summed E-state index contributed by atoms with van der Waals surface area (Å²) in [5.74, 6) is -0.131. The molecule has 0 aliphatic heterocycles. The zero-order valence-corrected chi connectivity index (χ0v) is 8.15. The van der Waals surface area contributed by atoms with Crippen molar-refractivity contribution in [3.05, 3.63) is 11.1 Å². The summed E-state index contributed by atoms with van der Waals surface area (Å²) in [6, 6.07) is -0.401. The molecule has 11 heavy (non-hydrogen) atoms. The maximum Gasteiger partial charge on any atom is 0.237 e. The molecule has 0 rings (SSSR count). The maximum absolute atomic E-state index is 11.0. The SMILES string of the molecule is C=C(Br)CNC(=O)C(N)CC. The van der Waals surface area contributed by atoms with Crippen molar-refractivity contribution < 1.29 is 4.79 Å². The Morgan fingerprint density at radius 1 is 1.82 bits per heavy atom. The Labute approximate surface area is 75.2 Å². The Hall–Kier alpha value is -0.350. The molecule has 0 radical (unpaired) electrons. The Morgan fingerprint density at radius 2 is 2.36 bits per heavy atom. The third kappa shape index (κ3) is 4.98. The lowest BCUT2D eigenvalue weighted by Gasteiger charge is -2.08. The minimum atomic E-state index is -0.401. The Balaban J connectivity index is 3.60. The van der Waals surface area contributed by atoms with E-state index in [0.29, 0.717) is 13.0 Å². The molecule has 0 aliphatic rings. The van der Waals surface area contributed by atoms with Crippen molar-refractivity contribution in [1.82, 2.24) is 5.32 Å². The summed E-state index contributed by atoms with van der Waals surface area (Å²) in [5.41, 5.74) is 5.45. The molecular weight excluding hydrogens is 208 g/mol. The molecule has 0 aromatic rings. The molecule has 64 valence electrons. The van der Waals surface area contributed by atoms with Crippen molar-refractivity contribution in [3.8, 4) is 0 Å². The van der Waals surface area contributed by atoms with Gasteiger partial charge >= 0.3 is 0 Å². The van der Waals surface area contributed by atoms with Gasteiger partial charge in [0.25, 0.3) is 0 Å². The summed E-state index contributed by atoms with van der Waals surface area (Å²) in [4.78, 5) is 11.0. The first-order chi connectivity index (χ1) is 5.07. The van der Waals surface area contributed by atoms with Gasteiger partial charge in [0.2, 0.25) is 5.91 Å². The van der Waals surface area contributed by atoms with Crippen LogP contribution in [0.2, 0.25) is 0 Å². The molecule has 0 aromatic carbocycles. The van der Waals surface area contributed by atoms with Crippen LogP contribution in [0.5, 0.6) is 0 Å². The molecule has 0 aliphatic carbocycles. The van der Waals surface area contributed by atoms with Gasteiger partial charge in [-0.25, -0.2) is 0 Å². The third-order valence-electron chi connectivity index (χ3n) is 1.23. The second kappa shape index (κ2) is 5.32. The molecular formula is C7H13BrN2O. The molecule has 0 saturated carbocycles. The highest BCUT2D eigenvalue weighted by Crippen LogP contribution is 1.97. The predicted octanol–water partition coefficient (Wildman–Crippen LogP) is 0.748. The van der Waals surface area contributed by atoms with Gasteiger partial charge in [-0.1, -0.05) is 29.4 Å². The number of nitrogens with one attached hydrogen (secondary N) is 1. The molecule has 0 aromatic heterocycles. The summed E-state index contributed by atoms with van der Waals surface area (Å²) >= 11 is 3.12. The number of halogens is 1. The number of carbonyl (C=O) groups is 1. The van der Waals surface area contributed by atoms with E-state index in [1.807, 2.05) is 6.92 Å². The van der Waals surface area contributed by atoms with Gasteiger partial charge in [0.1, 0.15) is 0 Å². The van der Waals surface area contributed by atoms with Crippen LogP contribution >= 0.6 is 15.9 Å². The molecule has 1 unspecified atom stereocenters. The van der Waals surface area contributed by atoms with Crippen molar-refractivity contribution in [2.45, 2.75) is 19.4 Å². The molecule has 4 heteroatoms. The highest BCUT2D eigenvalue weighted by molar-refractivity contribution is 9.11. The topological polar surface area (TPSA) is 55.1 Å². The quantitative estimate of drug-likeness (QED) is 0.735. The van der Waals surface area contributed by atoms with Gasteiger partial charge < -0.3 is 11.1 Å². The highest BCUT2D eigenvalue weighted by Gasteiger charge is 2.08. The van der Waals surface area contributed by atoms with Crippen molar-refractivity contribution in [1.29, 1.82) is 0 Å². The monoisotopic (exact) mass is 220 g/mol. The minimum Gasteiger partial charge on any atom is -0.350 e. The van der Waals surface area contributed by atoms with E-state index in [4.69, 9.17) is 5.73 Å². The second-order valence-electron chi connectivity index (χ2n) is 2.25. The molecule has 0 bridgehead atoms. The van der Waals surface area contributed by atoms with Crippen LogP contribution in [0.15, 0.2) is 11.1 Å². The molecule has 0 saturated heterocycles. The molecule has 3 N–H and O–H groups in total. The predicted molar refractivity (Wildman–Crippen MR) is 49.3 cm³/mol. The van der Waals surface area contributed by atoms with Crippen LogP contribution in [0.25, 0.3) is 0 Å². The van der Waals surface area contributed by atoms with Gasteiger partial charge in [0.05, 0.1) is 6.04 Å². The van der Waals surface area contributed by atoms with Gasteiger partial charge in [-0.2, -0.15) is 0 Å². The van der Waals surface area contributed by atoms with Crippen molar-refractivity contribution in [2.75, 3.05) is 6.54 Å².